The number of carbonyl (C=O) groups excluding carboxylic acids is 2. The third kappa shape index (κ3) is 3.86. The average Bonchev–Trinajstić information content (AvgIpc) is 3.16. The molecule has 27 heavy (non-hydrogen) atoms. The molecule has 0 fully saturated rings. The Hall–Kier alpha value is -2.71. The van der Waals surface area contributed by atoms with Crippen molar-refractivity contribution in [3.63, 3.8) is 0 Å². The van der Waals surface area contributed by atoms with Crippen LogP contribution in [0.1, 0.15) is 46.8 Å². The zero-order valence-corrected chi connectivity index (χ0v) is 16.2. The summed E-state index contributed by atoms with van der Waals surface area (Å²) in [4.78, 5) is 40.5. The first kappa shape index (κ1) is 19.1. The topological polar surface area (TPSA) is 98.5 Å². The maximum absolute atomic E-state index is 12.9. The summed E-state index contributed by atoms with van der Waals surface area (Å²) in [5.74, 6) is -1.81. The molecule has 140 valence electrons. The summed E-state index contributed by atoms with van der Waals surface area (Å²) in [6.07, 6.45) is -0.724. The zero-order chi connectivity index (χ0) is 19.9. The molecular weight excluding hydrogens is 392 g/mol. The third-order valence-electron chi connectivity index (χ3n) is 3.49. The Morgan fingerprint density at radius 1 is 1.22 bits per heavy atom. The van der Waals surface area contributed by atoms with Crippen LogP contribution in [0.5, 0.6) is 0 Å². The van der Waals surface area contributed by atoms with Crippen LogP contribution in [0.25, 0.3) is 10.9 Å². The quantitative estimate of drug-likeness (QED) is 0.644. The molecule has 2 aromatic heterocycles. The van der Waals surface area contributed by atoms with Crippen molar-refractivity contribution in [2.24, 2.45) is 0 Å². The van der Waals surface area contributed by atoms with Gasteiger partial charge in [0.15, 0.2) is 10.7 Å². The van der Waals surface area contributed by atoms with Crippen molar-refractivity contribution < 1.29 is 24.2 Å². The number of carboxylic acid groups (broad SMARTS) is 1. The highest BCUT2D eigenvalue weighted by Gasteiger charge is 2.27. The number of aromatic carboxylic acids is 1. The van der Waals surface area contributed by atoms with E-state index in [9.17, 15) is 14.4 Å². The lowest BCUT2D eigenvalue weighted by Crippen LogP contribution is -2.28. The number of fused-ring (bicyclic) bond motifs is 1. The Balaban J connectivity index is 2.15. The molecule has 0 saturated carbocycles. The summed E-state index contributed by atoms with van der Waals surface area (Å²) in [6.45, 7) is 5.15. The van der Waals surface area contributed by atoms with Gasteiger partial charge in [-0.05, 0) is 45.0 Å². The number of hydrogen-bond acceptors (Lipinski definition) is 6. The highest BCUT2D eigenvalue weighted by molar-refractivity contribution is 7.12. The second-order valence-electron chi connectivity index (χ2n) is 6.72. The van der Waals surface area contributed by atoms with Crippen molar-refractivity contribution in [2.45, 2.75) is 26.4 Å². The Labute approximate surface area is 163 Å². The van der Waals surface area contributed by atoms with Crippen LogP contribution < -0.4 is 0 Å². The molecule has 0 radical (unpaired) electrons. The number of benzene rings is 1. The Morgan fingerprint density at radius 3 is 2.52 bits per heavy atom. The number of hydrogen-bond donors (Lipinski definition) is 1. The van der Waals surface area contributed by atoms with Gasteiger partial charge in [0, 0.05) is 15.8 Å². The number of carboxylic acids is 1. The van der Waals surface area contributed by atoms with Gasteiger partial charge in [-0.3, -0.25) is 4.79 Å². The first-order valence-corrected chi connectivity index (χ1v) is 9.10. The molecule has 2 heterocycles. The van der Waals surface area contributed by atoms with Gasteiger partial charge < -0.3 is 9.84 Å². The van der Waals surface area contributed by atoms with Crippen molar-refractivity contribution in [3.05, 3.63) is 51.1 Å². The second-order valence-corrected chi connectivity index (χ2v) is 8.02. The monoisotopic (exact) mass is 406 g/mol. The van der Waals surface area contributed by atoms with E-state index >= 15 is 0 Å². The SMILES string of the molecule is CC(C)(C)OC(=O)n1c(C(=O)c2nc(C(=O)O)cs2)cc2cc(Cl)ccc21. The van der Waals surface area contributed by atoms with Gasteiger partial charge in [-0.25, -0.2) is 19.1 Å². The summed E-state index contributed by atoms with van der Waals surface area (Å²) < 4.78 is 6.57. The van der Waals surface area contributed by atoms with Crippen molar-refractivity contribution in [2.75, 3.05) is 0 Å². The van der Waals surface area contributed by atoms with Gasteiger partial charge in [0.25, 0.3) is 0 Å². The van der Waals surface area contributed by atoms with Gasteiger partial charge in [-0.15, -0.1) is 11.3 Å². The number of aromatic nitrogens is 2. The largest absolute Gasteiger partial charge is 0.476 e. The van der Waals surface area contributed by atoms with Gasteiger partial charge in [-0.1, -0.05) is 11.6 Å². The Morgan fingerprint density at radius 2 is 1.93 bits per heavy atom. The zero-order valence-electron chi connectivity index (χ0n) is 14.6. The molecule has 0 atom stereocenters. The molecule has 0 aliphatic heterocycles. The van der Waals surface area contributed by atoms with Crippen LogP contribution in [0.3, 0.4) is 0 Å². The fourth-order valence-electron chi connectivity index (χ4n) is 2.44. The fraction of sp³-hybridized carbons (Fsp3) is 0.222. The molecule has 0 bridgehead atoms. The van der Waals surface area contributed by atoms with Crippen LogP contribution in [-0.4, -0.2) is 38.1 Å². The second kappa shape index (κ2) is 6.79. The lowest BCUT2D eigenvalue weighted by Gasteiger charge is -2.20. The van der Waals surface area contributed by atoms with Gasteiger partial charge in [0.2, 0.25) is 5.78 Å². The molecule has 0 amide bonds. The summed E-state index contributed by atoms with van der Waals surface area (Å²) in [5.41, 5.74) is -0.524. The minimum absolute atomic E-state index is 0.0211. The van der Waals surface area contributed by atoms with Gasteiger partial charge >= 0.3 is 12.1 Å². The standard InChI is InChI=1S/C18H15ClN2O5S/c1-18(2,3)26-17(25)21-12-5-4-10(19)6-9(12)7-13(21)14(22)15-20-11(8-27-15)16(23)24/h4-8H,1-3H3,(H,23,24). The highest BCUT2D eigenvalue weighted by Crippen LogP contribution is 2.27. The molecule has 3 rings (SSSR count). The van der Waals surface area contributed by atoms with E-state index in [1.54, 1.807) is 39.0 Å². The predicted molar refractivity (Wildman–Crippen MR) is 101 cm³/mol. The van der Waals surface area contributed by atoms with Crippen molar-refractivity contribution >= 4 is 51.7 Å². The molecular formula is C18H15ClN2O5S. The van der Waals surface area contributed by atoms with Gasteiger partial charge in [0.05, 0.1) is 5.52 Å². The van der Waals surface area contributed by atoms with Crippen LogP contribution >= 0.6 is 22.9 Å². The summed E-state index contributed by atoms with van der Waals surface area (Å²) >= 11 is 6.91. The number of carbonyl (C=O) groups is 3. The van der Waals surface area contributed by atoms with Crippen molar-refractivity contribution in [3.8, 4) is 0 Å². The molecule has 0 unspecified atom stereocenters. The smallest absolute Gasteiger partial charge is 0.419 e. The van der Waals surface area contributed by atoms with Gasteiger partial charge in [0.1, 0.15) is 11.3 Å². The van der Waals surface area contributed by atoms with Crippen LogP contribution in [0.2, 0.25) is 5.02 Å². The number of ether oxygens (including phenoxy) is 1. The van der Waals surface area contributed by atoms with E-state index in [4.69, 9.17) is 21.4 Å². The van der Waals surface area contributed by atoms with E-state index in [2.05, 4.69) is 4.98 Å². The number of nitrogens with zero attached hydrogens (tertiary/aromatic N) is 2. The molecule has 0 aliphatic rings. The fourth-order valence-corrected chi connectivity index (χ4v) is 3.36. The predicted octanol–water partition coefficient (Wildman–Crippen LogP) is 4.46. The molecule has 0 aliphatic carbocycles. The minimum Gasteiger partial charge on any atom is -0.476 e. The van der Waals surface area contributed by atoms with Crippen LogP contribution in [0, 0.1) is 0 Å². The van der Waals surface area contributed by atoms with E-state index < -0.39 is 23.4 Å². The third-order valence-corrected chi connectivity index (χ3v) is 4.57. The normalized spacial score (nSPS) is 11.6. The van der Waals surface area contributed by atoms with Gasteiger partial charge in [-0.2, -0.15) is 0 Å². The lowest BCUT2D eigenvalue weighted by atomic mass is 10.2. The van der Waals surface area contributed by atoms with Crippen LogP contribution in [0.15, 0.2) is 29.6 Å². The first-order valence-electron chi connectivity index (χ1n) is 7.85. The molecule has 7 nitrogen and oxygen atoms in total. The number of ketones is 1. The molecule has 1 aromatic carbocycles. The summed E-state index contributed by atoms with van der Waals surface area (Å²) in [7, 11) is 0. The number of thiazole rings is 1. The maximum Gasteiger partial charge on any atom is 0.419 e. The van der Waals surface area contributed by atoms with E-state index in [1.807, 2.05) is 0 Å². The Kier molecular flexibility index (Phi) is 4.79. The van der Waals surface area contributed by atoms with Crippen LogP contribution in [0.4, 0.5) is 4.79 Å². The molecule has 0 saturated heterocycles. The first-order chi connectivity index (χ1) is 12.6. The summed E-state index contributed by atoms with van der Waals surface area (Å²) in [5, 5.41) is 11.3. The summed E-state index contributed by atoms with van der Waals surface area (Å²) in [6, 6.07) is 6.35. The number of rotatable bonds is 3. The van der Waals surface area contributed by atoms with E-state index in [-0.39, 0.29) is 16.4 Å². The molecule has 9 heteroatoms. The average molecular weight is 407 g/mol. The molecule has 3 aromatic rings. The molecule has 0 spiro atoms. The molecule has 1 N–H and O–H groups in total. The van der Waals surface area contributed by atoms with E-state index in [0.717, 1.165) is 15.9 Å². The minimum atomic E-state index is -1.23. The van der Waals surface area contributed by atoms with Crippen LogP contribution in [-0.2, 0) is 4.74 Å². The highest BCUT2D eigenvalue weighted by atomic mass is 35.5. The Bertz CT molecular complexity index is 1080. The lowest BCUT2D eigenvalue weighted by molar-refractivity contribution is 0.0536. The number of halogens is 1. The van der Waals surface area contributed by atoms with Crippen molar-refractivity contribution in [1.82, 2.24) is 9.55 Å². The van der Waals surface area contributed by atoms with Crippen molar-refractivity contribution in [1.29, 1.82) is 0 Å². The van der Waals surface area contributed by atoms with E-state index in [0.29, 0.717) is 15.9 Å². The van der Waals surface area contributed by atoms with E-state index in [1.165, 1.54) is 11.4 Å². The maximum atomic E-state index is 12.9.